The van der Waals surface area contributed by atoms with Crippen LogP contribution in [0.25, 0.3) is 0 Å². The number of allylic oxidation sites excluding steroid dienone is 2. The van der Waals surface area contributed by atoms with Gasteiger partial charge in [0.1, 0.15) is 0 Å². The fourth-order valence-corrected chi connectivity index (χ4v) is 1.52. The lowest BCUT2D eigenvalue weighted by Crippen LogP contribution is -2.04. The van der Waals surface area contributed by atoms with Gasteiger partial charge in [0.05, 0.1) is 13.0 Å². The summed E-state index contributed by atoms with van der Waals surface area (Å²) >= 11 is 0. The second-order valence-corrected chi connectivity index (χ2v) is 3.01. The second-order valence-electron chi connectivity index (χ2n) is 3.01. The topological polar surface area (TPSA) is 26.3 Å². The fraction of sp³-hybridized carbons (Fsp3) is 0.667. The predicted molar refractivity (Wildman–Crippen MR) is 43.0 cm³/mol. The number of carbonyl (C=O) groups is 1. The highest BCUT2D eigenvalue weighted by molar-refractivity contribution is 5.76. The van der Waals surface area contributed by atoms with E-state index in [-0.39, 0.29) is 11.9 Å². The molecule has 0 heterocycles. The molecule has 0 radical (unpaired) electrons. The summed E-state index contributed by atoms with van der Waals surface area (Å²) in [6.45, 7) is 4.05. The summed E-state index contributed by atoms with van der Waals surface area (Å²) in [6.07, 6.45) is 4.07. The van der Waals surface area contributed by atoms with Gasteiger partial charge in [-0.25, -0.2) is 0 Å². The molecular formula is C9H14O2. The van der Waals surface area contributed by atoms with Crippen LogP contribution >= 0.6 is 0 Å². The quantitative estimate of drug-likeness (QED) is 0.446. The van der Waals surface area contributed by atoms with E-state index in [1.165, 1.54) is 7.11 Å². The van der Waals surface area contributed by atoms with Crippen LogP contribution in [0.5, 0.6) is 0 Å². The average molecular weight is 154 g/mol. The SMILES string of the molecule is C/C=C/C1C(C)C1C(=O)OC. The van der Waals surface area contributed by atoms with Crippen LogP contribution in [-0.2, 0) is 9.53 Å². The molecule has 0 aromatic heterocycles. The maximum Gasteiger partial charge on any atom is 0.309 e. The van der Waals surface area contributed by atoms with Gasteiger partial charge in [0.2, 0.25) is 0 Å². The van der Waals surface area contributed by atoms with Gasteiger partial charge in [-0.1, -0.05) is 19.1 Å². The summed E-state index contributed by atoms with van der Waals surface area (Å²) in [6, 6.07) is 0. The zero-order chi connectivity index (χ0) is 8.43. The molecule has 2 heteroatoms. The van der Waals surface area contributed by atoms with Crippen LogP contribution in [0.2, 0.25) is 0 Å². The number of ether oxygens (including phenoxy) is 1. The number of rotatable bonds is 2. The van der Waals surface area contributed by atoms with E-state index in [4.69, 9.17) is 0 Å². The number of carbonyl (C=O) groups excluding carboxylic acids is 1. The van der Waals surface area contributed by atoms with E-state index < -0.39 is 0 Å². The minimum Gasteiger partial charge on any atom is -0.469 e. The lowest BCUT2D eigenvalue weighted by Gasteiger charge is -1.93. The van der Waals surface area contributed by atoms with Crippen LogP contribution in [0.15, 0.2) is 12.2 Å². The van der Waals surface area contributed by atoms with E-state index in [0.29, 0.717) is 11.8 Å². The Morgan fingerprint density at radius 1 is 1.55 bits per heavy atom. The molecule has 1 rings (SSSR count). The van der Waals surface area contributed by atoms with Crippen molar-refractivity contribution in [3.8, 4) is 0 Å². The molecule has 11 heavy (non-hydrogen) atoms. The Balaban J connectivity index is 2.47. The number of hydrogen-bond acceptors (Lipinski definition) is 2. The van der Waals surface area contributed by atoms with Gasteiger partial charge >= 0.3 is 5.97 Å². The Hall–Kier alpha value is -0.790. The summed E-state index contributed by atoms with van der Waals surface area (Å²) in [7, 11) is 1.44. The Kier molecular flexibility index (Phi) is 2.32. The van der Waals surface area contributed by atoms with Crippen molar-refractivity contribution in [2.24, 2.45) is 17.8 Å². The van der Waals surface area contributed by atoms with E-state index in [9.17, 15) is 4.79 Å². The summed E-state index contributed by atoms with van der Waals surface area (Å²) in [5, 5.41) is 0. The molecule has 1 aliphatic carbocycles. The van der Waals surface area contributed by atoms with E-state index in [1.54, 1.807) is 0 Å². The first-order valence-electron chi connectivity index (χ1n) is 3.93. The molecule has 0 aromatic carbocycles. The van der Waals surface area contributed by atoms with Crippen LogP contribution in [0.1, 0.15) is 13.8 Å². The van der Waals surface area contributed by atoms with Crippen molar-refractivity contribution in [2.75, 3.05) is 7.11 Å². The molecule has 1 fully saturated rings. The minimum atomic E-state index is -0.0689. The molecule has 0 aliphatic heterocycles. The van der Waals surface area contributed by atoms with Gasteiger partial charge in [0, 0.05) is 0 Å². The van der Waals surface area contributed by atoms with E-state index in [0.717, 1.165) is 0 Å². The van der Waals surface area contributed by atoms with Gasteiger partial charge in [0.25, 0.3) is 0 Å². The first kappa shape index (κ1) is 8.31. The number of methoxy groups -OCH3 is 1. The van der Waals surface area contributed by atoms with Crippen molar-refractivity contribution < 1.29 is 9.53 Å². The molecular weight excluding hydrogens is 140 g/mol. The van der Waals surface area contributed by atoms with Crippen molar-refractivity contribution in [2.45, 2.75) is 13.8 Å². The van der Waals surface area contributed by atoms with Crippen LogP contribution in [0.4, 0.5) is 0 Å². The molecule has 1 aliphatic rings. The molecule has 0 amide bonds. The lowest BCUT2D eigenvalue weighted by molar-refractivity contribution is -0.142. The highest BCUT2D eigenvalue weighted by atomic mass is 16.5. The normalized spacial score (nSPS) is 35.7. The molecule has 0 spiro atoms. The highest BCUT2D eigenvalue weighted by Crippen LogP contribution is 2.47. The monoisotopic (exact) mass is 154 g/mol. The van der Waals surface area contributed by atoms with Gasteiger partial charge in [-0.2, -0.15) is 0 Å². The first-order valence-corrected chi connectivity index (χ1v) is 3.93. The predicted octanol–water partition coefficient (Wildman–Crippen LogP) is 1.62. The van der Waals surface area contributed by atoms with Crippen molar-refractivity contribution in [1.82, 2.24) is 0 Å². The van der Waals surface area contributed by atoms with Crippen LogP contribution in [-0.4, -0.2) is 13.1 Å². The average Bonchev–Trinajstić information content (AvgIpc) is 2.62. The Labute approximate surface area is 67.2 Å². The molecule has 3 atom stereocenters. The largest absolute Gasteiger partial charge is 0.469 e. The van der Waals surface area contributed by atoms with Crippen molar-refractivity contribution in [3.63, 3.8) is 0 Å². The zero-order valence-corrected chi connectivity index (χ0v) is 7.20. The molecule has 1 saturated carbocycles. The first-order chi connectivity index (χ1) is 5.22. The minimum absolute atomic E-state index is 0.0689. The second kappa shape index (κ2) is 3.07. The molecule has 0 saturated heterocycles. The summed E-state index contributed by atoms with van der Waals surface area (Å²) in [4.78, 5) is 11.0. The van der Waals surface area contributed by atoms with Crippen molar-refractivity contribution in [1.29, 1.82) is 0 Å². The van der Waals surface area contributed by atoms with Gasteiger partial charge in [-0.15, -0.1) is 0 Å². The molecule has 0 N–H and O–H groups in total. The number of esters is 1. The summed E-state index contributed by atoms with van der Waals surface area (Å²) in [5.74, 6) is 0.947. The van der Waals surface area contributed by atoms with Gasteiger partial charge in [-0.05, 0) is 18.8 Å². The van der Waals surface area contributed by atoms with E-state index in [1.807, 2.05) is 13.0 Å². The van der Waals surface area contributed by atoms with Crippen LogP contribution in [0.3, 0.4) is 0 Å². The Morgan fingerprint density at radius 3 is 2.64 bits per heavy atom. The summed E-state index contributed by atoms with van der Waals surface area (Å²) in [5.41, 5.74) is 0. The molecule has 3 unspecified atom stereocenters. The third kappa shape index (κ3) is 1.44. The number of hydrogen-bond donors (Lipinski definition) is 0. The molecule has 0 aromatic rings. The molecule has 62 valence electrons. The molecule has 2 nitrogen and oxygen atoms in total. The Morgan fingerprint density at radius 2 is 2.18 bits per heavy atom. The van der Waals surface area contributed by atoms with E-state index >= 15 is 0 Å². The highest BCUT2D eigenvalue weighted by Gasteiger charge is 2.50. The van der Waals surface area contributed by atoms with Gasteiger partial charge < -0.3 is 4.74 Å². The van der Waals surface area contributed by atoms with Crippen LogP contribution in [0, 0.1) is 17.8 Å². The maximum absolute atomic E-state index is 11.0. The Bertz CT molecular complexity index is 184. The van der Waals surface area contributed by atoms with Crippen molar-refractivity contribution in [3.05, 3.63) is 12.2 Å². The summed E-state index contributed by atoms with van der Waals surface area (Å²) < 4.78 is 4.65. The van der Waals surface area contributed by atoms with Crippen LogP contribution < -0.4 is 0 Å². The lowest BCUT2D eigenvalue weighted by atomic mass is 10.3. The van der Waals surface area contributed by atoms with Crippen molar-refractivity contribution >= 4 is 5.97 Å². The fourth-order valence-electron chi connectivity index (χ4n) is 1.52. The molecule has 0 bridgehead atoms. The standard InChI is InChI=1S/C9H14O2/c1-4-5-7-6(2)8(7)9(10)11-3/h4-8H,1-3H3/b5-4+. The van der Waals surface area contributed by atoms with Gasteiger partial charge in [-0.3, -0.25) is 4.79 Å². The third-order valence-electron chi connectivity index (χ3n) is 2.34. The van der Waals surface area contributed by atoms with E-state index in [2.05, 4.69) is 17.7 Å². The van der Waals surface area contributed by atoms with Gasteiger partial charge in [0.15, 0.2) is 0 Å². The maximum atomic E-state index is 11.0. The zero-order valence-electron chi connectivity index (χ0n) is 7.20. The smallest absolute Gasteiger partial charge is 0.309 e. The third-order valence-corrected chi connectivity index (χ3v) is 2.34.